The number of hydrogen-bond donors (Lipinski definition) is 1. The number of benzene rings is 1. The third kappa shape index (κ3) is 5.25. The number of ether oxygens (including phenoxy) is 1. The number of nitrogens with zero attached hydrogens (tertiary/aromatic N) is 2. The molecule has 1 aromatic carbocycles. The third-order valence-corrected chi connectivity index (χ3v) is 7.24. The minimum atomic E-state index is -3.72. The van der Waals surface area contributed by atoms with Gasteiger partial charge in [-0.15, -0.1) is 11.3 Å². The molecule has 3 rings (SSSR count). The molecule has 1 aliphatic heterocycles. The van der Waals surface area contributed by atoms with Crippen molar-refractivity contribution in [3.05, 3.63) is 51.7 Å². The topological polar surface area (TPSA) is 96.0 Å². The first-order valence-corrected chi connectivity index (χ1v) is 11.9. The summed E-state index contributed by atoms with van der Waals surface area (Å²) in [7, 11) is -2.23. The van der Waals surface area contributed by atoms with Gasteiger partial charge in [-0.1, -0.05) is 6.07 Å². The van der Waals surface area contributed by atoms with Gasteiger partial charge in [-0.25, -0.2) is 13.1 Å². The lowest BCUT2D eigenvalue weighted by molar-refractivity contribution is 0.0538. The fraction of sp³-hybridized carbons (Fsp3) is 0.400. The molecule has 0 atom stereocenters. The van der Waals surface area contributed by atoms with Gasteiger partial charge in [0.05, 0.1) is 16.4 Å². The van der Waals surface area contributed by atoms with E-state index in [1.807, 2.05) is 19.1 Å². The predicted octanol–water partition coefficient (Wildman–Crippen LogP) is 1.58. The molecule has 2 aromatic rings. The zero-order valence-electron chi connectivity index (χ0n) is 17.0. The van der Waals surface area contributed by atoms with Crippen LogP contribution in [0.5, 0.6) is 0 Å². The van der Waals surface area contributed by atoms with Crippen molar-refractivity contribution < 1.29 is 22.7 Å². The molecule has 30 heavy (non-hydrogen) atoms. The summed E-state index contributed by atoms with van der Waals surface area (Å²) in [5.74, 6) is -0.265. The molecular weight excluding hydrogens is 426 g/mol. The SMILES string of the molecule is COCCNS(=O)(=O)c1cccc(C(=O)N2CCN(C(=O)c3ccc(C)s3)CC2)c1. The number of amides is 2. The summed E-state index contributed by atoms with van der Waals surface area (Å²) in [5, 5.41) is 0. The van der Waals surface area contributed by atoms with Crippen molar-refractivity contribution in [3.63, 3.8) is 0 Å². The second-order valence-corrected chi connectivity index (χ2v) is 9.97. The average molecular weight is 452 g/mol. The van der Waals surface area contributed by atoms with E-state index in [0.717, 1.165) is 4.88 Å². The number of methoxy groups -OCH3 is 1. The zero-order valence-corrected chi connectivity index (χ0v) is 18.6. The second kappa shape index (κ2) is 9.69. The van der Waals surface area contributed by atoms with Crippen molar-refractivity contribution in [2.45, 2.75) is 11.8 Å². The normalized spacial score (nSPS) is 14.7. The maximum absolute atomic E-state index is 12.9. The van der Waals surface area contributed by atoms with Gasteiger partial charge >= 0.3 is 0 Å². The van der Waals surface area contributed by atoms with Gasteiger partial charge in [0.2, 0.25) is 10.0 Å². The minimum Gasteiger partial charge on any atom is -0.383 e. The Bertz CT molecular complexity index is 1010. The van der Waals surface area contributed by atoms with Gasteiger partial charge in [0.1, 0.15) is 0 Å². The van der Waals surface area contributed by atoms with Crippen molar-refractivity contribution in [1.29, 1.82) is 0 Å². The lowest BCUT2D eigenvalue weighted by Crippen LogP contribution is -2.50. The minimum absolute atomic E-state index is 0.0181. The standard InChI is InChI=1S/C20H25N3O5S2/c1-15-6-7-18(29-15)20(25)23-11-9-22(10-12-23)19(24)16-4-3-5-17(14-16)30(26,27)21-8-13-28-2/h3-7,14,21H,8-13H2,1-2H3. The molecule has 0 spiro atoms. The van der Waals surface area contributed by atoms with Gasteiger partial charge in [-0.2, -0.15) is 0 Å². The highest BCUT2D eigenvalue weighted by atomic mass is 32.2. The van der Waals surface area contributed by atoms with Crippen LogP contribution < -0.4 is 4.72 Å². The number of thiophene rings is 1. The fourth-order valence-corrected chi connectivity index (χ4v) is 5.05. The van der Waals surface area contributed by atoms with Gasteiger partial charge in [0, 0.05) is 50.3 Å². The lowest BCUT2D eigenvalue weighted by Gasteiger charge is -2.34. The number of carbonyl (C=O) groups is 2. The monoisotopic (exact) mass is 451 g/mol. The van der Waals surface area contributed by atoms with Crippen molar-refractivity contribution in [1.82, 2.24) is 14.5 Å². The Balaban J connectivity index is 1.63. The van der Waals surface area contributed by atoms with Crippen molar-refractivity contribution >= 4 is 33.2 Å². The van der Waals surface area contributed by atoms with E-state index in [9.17, 15) is 18.0 Å². The second-order valence-electron chi connectivity index (χ2n) is 6.91. The first kappa shape index (κ1) is 22.4. The van der Waals surface area contributed by atoms with Gasteiger partial charge in [-0.05, 0) is 37.3 Å². The Hall–Kier alpha value is -2.27. The number of piperazine rings is 1. The maximum atomic E-state index is 12.9. The van der Waals surface area contributed by atoms with Crippen LogP contribution in [-0.2, 0) is 14.8 Å². The lowest BCUT2D eigenvalue weighted by atomic mass is 10.2. The summed E-state index contributed by atoms with van der Waals surface area (Å²) in [6.07, 6.45) is 0. The summed E-state index contributed by atoms with van der Waals surface area (Å²) in [6, 6.07) is 9.73. The van der Waals surface area contributed by atoms with Crippen LogP contribution in [0, 0.1) is 6.92 Å². The predicted molar refractivity (Wildman–Crippen MR) is 114 cm³/mol. The van der Waals surface area contributed by atoms with Gasteiger partial charge in [0.25, 0.3) is 11.8 Å². The first-order valence-electron chi connectivity index (χ1n) is 9.55. The number of sulfonamides is 1. The molecule has 0 saturated carbocycles. The van der Waals surface area contributed by atoms with Crippen LogP contribution >= 0.6 is 11.3 Å². The Labute approximate surface area is 180 Å². The number of aryl methyl sites for hydroxylation is 1. The smallest absolute Gasteiger partial charge is 0.264 e. The first-order chi connectivity index (χ1) is 14.3. The van der Waals surface area contributed by atoms with Crippen LogP contribution in [0.1, 0.15) is 24.9 Å². The van der Waals surface area contributed by atoms with Crippen LogP contribution in [0.15, 0.2) is 41.3 Å². The molecular formula is C20H25N3O5S2. The number of rotatable bonds is 7. The molecule has 1 fully saturated rings. The van der Waals surface area contributed by atoms with E-state index >= 15 is 0 Å². The van der Waals surface area contributed by atoms with E-state index in [0.29, 0.717) is 36.6 Å². The quantitative estimate of drug-likeness (QED) is 0.645. The number of nitrogens with one attached hydrogen (secondary N) is 1. The Morgan fingerprint density at radius 3 is 2.33 bits per heavy atom. The molecule has 1 saturated heterocycles. The number of carbonyl (C=O) groups excluding carboxylic acids is 2. The molecule has 10 heteroatoms. The van der Waals surface area contributed by atoms with Crippen molar-refractivity contribution in [2.75, 3.05) is 46.4 Å². The highest BCUT2D eigenvalue weighted by molar-refractivity contribution is 7.89. The van der Waals surface area contributed by atoms with Crippen LogP contribution in [0.25, 0.3) is 0 Å². The summed E-state index contributed by atoms with van der Waals surface area (Å²) < 4.78 is 32.0. The van der Waals surface area contributed by atoms with E-state index < -0.39 is 10.0 Å². The molecule has 0 radical (unpaired) electrons. The van der Waals surface area contributed by atoms with Crippen LogP contribution in [0.2, 0.25) is 0 Å². The van der Waals surface area contributed by atoms with E-state index in [1.54, 1.807) is 21.9 Å². The maximum Gasteiger partial charge on any atom is 0.264 e. The van der Waals surface area contributed by atoms with E-state index in [2.05, 4.69) is 4.72 Å². The summed E-state index contributed by atoms with van der Waals surface area (Å²) in [4.78, 5) is 30.7. The molecule has 0 aliphatic carbocycles. The summed E-state index contributed by atoms with van der Waals surface area (Å²) in [5.41, 5.74) is 0.304. The molecule has 2 heterocycles. The molecule has 8 nitrogen and oxygen atoms in total. The molecule has 0 bridgehead atoms. The highest BCUT2D eigenvalue weighted by Crippen LogP contribution is 2.19. The van der Waals surface area contributed by atoms with E-state index in [4.69, 9.17) is 4.74 Å². The highest BCUT2D eigenvalue weighted by Gasteiger charge is 2.26. The Kier molecular flexibility index (Phi) is 7.24. The Morgan fingerprint density at radius 1 is 1.07 bits per heavy atom. The van der Waals surface area contributed by atoms with Gasteiger partial charge in [-0.3, -0.25) is 9.59 Å². The van der Waals surface area contributed by atoms with Crippen LogP contribution in [0.4, 0.5) is 0 Å². The van der Waals surface area contributed by atoms with Crippen LogP contribution in [-0.4, -0.2) is 76.5 Å². The molecule has 1 N–H and O–H groups in total. The molecule has 1 aliphatic rings. The largest absolute Gasteiger partial charge is 0.383 e. The number of hydrogen-bond acceptors (Lipinski definition) is 6. The molecule has 2 amide bonds. The molecule has 1 aromatic heterocycles. The fourth-order valence-electron chi connectivity index (χ4n) is 3.16. The zero-order chi connectivity index (χ0) is 21.7. The van der Waals surface area contributed by atoms with Crippen molar-refractivity contribution in [3.8, 4) is 0 Å². The molecule has 0 unspecified atom stereocenters. The summed E-state index contributed by atoms with van der Waals surface area (Å²) in [6.45, 7) is 4.05. The van der Waals surface area contributed by atoms with E-state index in [1.165, 1.54) is 30.6 Å². The average Bonchev–Trinajstić information content (AvgIpc) is 3.19. The van der Waals surface area contributed by atoms with Crippen molar-refractivity contribution in [2.24, 2.45) is 0 Å². The van der Waals surface area contributed by atoms with E-state index in [-0.39, 0.29) is 29.9 Å². The molecule has 162 valence electrons. The third-order valence-electron chi connectivity index (χ3n) is 4.79. The van der Waals surface area contributed by atoms with Gasteiger partial charge < -0.3 is 14.5 Å². The Morgan fingerprint density at radius 2 is 1.73 bits per heavy atom. The van der Waals surface area contributed by atoms with Gasteiger partial charge in [0.15, 0.2) is 0 Å². The van der Waals surface area contributed by atoms with Crippen LogP contribution in [0.3, 0.4) is 0 Å². The summed E-state index contributed by atoms with van der Waals surface area (Å²) >= 11 is 1.46.